The van der Waals surface area contributed by atoms with E-state index in [0.29, 0.717) is 12.5 Å². The van der Waals surface area contributed by atoms with Crippen LogP contribution in [-0.4, -0.2) is 38.7 Å². The number of hydrogen-bond donors (Lipinski definition) is 1. The van der Waals surface area contributed by atoms with Crippen molar-refractivity contribution in [1.82, 2.24) is 19.6 Å². The summed E-state index contributed by atoms with van der Waals surface area (Å²) in [6, 6.07) is 5.46. The van der Waals surface area contributed by atoms with Crippen molar-refractivity contribution >= 4 is 17.5 Å². The monoisotopic (exact) mass is 284 g/mol. The van der Waals surface area contributed by atoms with Gasteiger partial charge < -0.3 is 14.6 Å². The SMILES string of the molecule is O=C1NCC(=O)N(Cc2cn3ccccc3n2)C1C1CC1. The number of aromatic nitrogens is 2. The molecular weight excluding hydrogens is 268 g/mol. The first-order valence-electron chi connectivity index (χ1n) is 7.22. The van der Waals surface area contributed by atoms with Crippen molar-refractivity contribution < 1.29 is 9.59 Å². The minimum atomic E-state index is -0.323. The van der Waals surface area contributed by atoms with Crippen molar-refractivity contribution in [3.63, 3.8) is 0 Å². The fourth-order valence-electron chi connectivity index (χ4n) is 2.97. The van der Waals surface area contributed by atoms with Gasteiger partial charge in [-0.1, -0.05) is 6.07 Å². The quantitative estimate of drug-likeness (QED) is 0.896. The molecule has 1 aliphatic heterocycles. The van der Waals surface area contributed by atoms with Crippen molar-refractivity contribution in [2.75, 3.05) is 6.54 Å². The van der Waals surface area contributed by atoms with Gasteiger partial charge in [0.15, 0.2) is 0 Å². The summed E-state index contributed by atoms with van der Waals surface area (Å²) in [5, 5.41) is 2.69. The molecule has 21 heavy (non-hydrogen) atoms. The van der Waals surface area contributed by atoms with Gasteiger partial charge in [-0.2, -0.15) is 0 Å². The number of pyridine rings is 1. The van der Waals surface area contributed by atoms with E-state index in [2.05, 4.69) is 10.3 Å². The Labute approximate surface area is 121 Å². The minimum Gasteiger partial charge on any atom is -0.345 e. The van der Waals surface area contributed by atoms with E-state index >= 15 is 0 Å². The number of carbonyl (C=O) groups excluding carboxylic acids is 2. The summed E-state index contributed by atoms with van der Waals surface area (Å²) >= 11 is 0. The summed E-state index contributed by atoms with van der Waals surface area (Å²) in [5.74, 6) is 0.260. The topological polar surface area (TPSA) is 66.7 Å². The first-order valence-corrected chi connectivity index (χ1v) is 7.22. The first-order chi connectivity index (χ1) is 10.2. The number of carbonyl (C=O) groups is 2. The van der Waals surface area contributed by atoms with Crippen LogP contribution in [0.25, 0.3) is 5.65 Å². The smallest absolute Gasteiger partial charge is 0.243 e. The van der Waals surface area contributed by atoms with Crippen molar-refractivity contribution in [2.45, 2.75) is 25.4 Å². The predicted molar refractivity (Wildman–Crippen MR) is 75.3 cm³/mol. The maximum atomic E-state index is 12.2. The molecule has 1 saturated carbocycles. The van der Waals surface area contributed by atoms with E-state index in [0.717, 1.165) is 24.2 Å². The molecule has 2 fully saturated rings. The summed E-state index contributed by atoms with van der Waals surface area (Å²) in [6.45, 7) is 0.491. The molecule has 2 amide bonds. The van der Waals surface area contributed by atoms with Gasteiger partial charge in [0, 0.05) is 12.4 Å². The van der Waals surface area contributed by atoms with Gasteiger partial charge >= 0.3 is 0 Å². The summed E-state index contributed by atoms with van der Waals surface area (Å²) in [5.41, 5.74) is 1.67. The normalized spacial score (nSPS) is 22.7. The van der Waals surface area contributed by atoms with Crippen LogP contribution in [0.5, 0.6) is 0 Å². The van der Waals surface area contributed by atoms with Crippen LogP contribution < -0.4 is 5.32 Å². The Kier molecular flexibility index (Phi) is 2.70. The lowest BCUT2D eigenvalue weighted by atomic mass is 10.1. The van der Waals surface area contributed by atoms with Crippen molar-refractivity contribution in [1.29, 1.82) is 0 Å². The molecule has 1 saturated heterocycles. The highest BCUT2D eigenvalue weighted by atomic mass is 16.2. The third kappa shape index (κ3) is 2.16. The third-order valence-corrected chi connectivity index (χ3v) is 4.15. The van der Waals surface area contributed by atoms with E-state index in [1.807, 2.05) is 35.0 Å². The highest BCUT2D eigenvalue weighted by molar-refractivity contribution is 5.95. The lowest BCUT2D eigenvalue weighted by Crippen LogP contribution is -2.58. The van der Waals surface area contributed by atoms with Crippen LogP contribution in [0, 0.1) is 5.92 Å². The molecule has 1 aliphatic carbocycles. The lowest BCUT2D eigenvalue weighted by molar-refractivity contribution is -0.147. The predicted octanol–water partition coefficient (Wildman–Crippen LogP) is 0.571. The van der Waals surface area contributed by atoms with Crippen LogP contribution in [0.1, 0.15) is 18.5 Å². The molecule has 6 nitrogen and oxygen atoms in total. The van der Waals surface area contributed by atoms with E-state index in [-0.39, 0.29) is 24.4 Å². The second-order valence-electron chi connectivity index (χ2n) is 5.72. The van der Waals surface area contributed by atoms with Crippen LogP contribution in [0.2, 0.25) is 0 Å². The molecule has 1 unspecified atom stereocenters. The second-order valence-corrected chi connectivity index (χ2v) is 5.72. The van der Waals surface area contributed by atoms with Gasteiger partial charge in [-0.25, -0.2) is 4.98 Å². The van der Waals surface area contributed by atoms with Crippen LogP contribution in [0.4, 0.5) is 0 Å². The fourth-order valence-corrected chi connectivity index (χ4v) is 2.97. The molecule has 4 rings (SSSR count). The maximum absolute atomic E-state index is 12.2. The van der Waals surface area contributed by atoms with Gasteiger partial charge in [-0.15, -0.1) is 0 Å². The van der Waals surface area contributed by atoms with Crippen LogP contribution >= 0.6 is 0 Å². The van der Waals surface area contributed by atoms with Crippen molar-refractivity contribution in [3.05, 3.63) is 36.3 Å². The van der Waals surface area contributed by atoms with E-state index in [4.69, 9.17) is 0 Å². The van der Waals surface area contributed by atoms with Crippen LogP contribution in [0.15, 0.2) is 30.6 Å². The first kappa shape index (κ1) is 12.4. The zero-order valence-electron chi connectivity index (χ0n) is 11.5. The average Bonchev–Trinajstić information content (AvgIpc) is 3.22. The maximum Gasteiger partial charge on any atom is 0.243 e. The Morgan fingerprint density at radius 1 is 1.29 bits per heavy atom. The van der Waals surface area contributed by atoms with E-state index < -0.39 is 0 Å². The molecule has 1 N–H and O–H groups in total. The second kappa shape index (κ2) is 4.58. The Morgan fingerprint density at radius 2 is 2.14 bits per heavy atom. The third-order valence-electron chi connectivity index (χ3n) is 4.15. The molecule has 3 heterocycles. The molecular formula is C15H16N4O2. The fraction of sp³-hybridized carbons (Fsp3) is 0.400. The Hall–Kier alpha value is -2.37. The summed E-state index contributed by atoms with van der Waals surface area (Å²) in [4.78, 5) is 30.5. The van der Waals surface area contributed by atoms with Crippen molar-refractivity contribution in [3.8, 4) is 0 Å². The van der Waals surface area contributed by atoms with Crippen molar-refractivity contribution in [2.24, 2.45) is 5.92 Å². The molecule has 6 heteroatoms. The van der Waals surface area contributed by atoms with E-state index in [1.54, 1.807) is 4.90 Å². The summed E-state index contributed by atoms with van der Waals surface area (Å²) < 4.78 is 1.93. The summed E-state index contributed by atoms with van der Waals surface area (Å²) in [6.07, 6.45) is 5.88. The molecule has 0 bridgehead atoms. The zero-order valence-corrected chi connectivity index (χ0v) is 11.5. The minimum absolute atomic E-state index is 0.0245. The van der Waals surface area contributed by atoms with Crippen LogP contribution in [0.3, 0.4) is 0 Å². The van der Waals surface area contributed by atoms with E-state index in [9.17, 15) is 9.59 Å². The molecule has 2 aliphatic rings. The highest BCUT2D eigenvalue weighted by Gasteiger charge is 2.44. The molecule has 0 aromatic carbocycles. The number of rotatable bonds is 3. The summed E-state index contributed by atoms with van der Waals surface area (Å²) in [7, 11) is 0. The lowest BCUT2D eigenvalue weighted by Gasteiger charge is -2.34. The van der Waals surface area contributed by atoms with Gasteiger partial charge in [0.1, 0.15) is 11.7 Å². The number of nitrogens with zero attached hydrogens (tertiary/aromatic N) is 3. The van der Waals surface area contributed by atoms with Gasteiger partial charge in [0.05, 0.1) is 18.8 Å². The highest BCUT2D eigenvalue weighted by Crippen LogP contribution is 2.36. The Balaban J connectivity index is 1.63. The largest absolute Gasteiger partial charge is 0.345 e. The Bertz CT molecular complexity index is 686. The number of fused-ring (bicyclic) bond motifs is 1. The standard InChI is InChI=1S/C15H16N4O2/c20-13-7-16-15(21)14(10-4-5-10)19(13)9-11-8-18-6-2-1-3-12(18)17-11/h1-3,6,8,10,14H,4-5,7,9H2,(H,16,21). The number of imidazole rings is 1. The van der Waals surface area contributed by atoms with Gasteiger partial charge in [-0.05, 0) is 30.9 Å². The number of piperazine rings is 1. The number of nitrogens with one attached hydrogen (secondary N) is 1. The van der Waals surface area contributed by atoms with E-state index in [1.165, 1.54) is 0 Å². The molecule has 2 aromatic heterocycles. The molecule has 1 atom stereocenters. The molecule has 108 valence electrons. The molecule has 0 radical (unpaired) electrons. The van der Waals surface area contributed by atoms with Crippen LogP contribution in [-0.2, 0) is 16.1 Å². The number of amides is 2. The van der Waals surface area contributed by atoms with Gasteiger partial charge in [0.2, 0.25) is 11.8 Å². The molecule has 0 spiro atoms. The average molecular weight is 284 g/mol. The van der Waals surface area contributed by atoms with Gasteiger partial charge in [-0.3, -0.25) is 9.59 Å². The number of hydrogen-bond acceptors (Lipinski definition) is 3. The Morgan fingerprint density at radius 3 is 2.90 bits per heavy atom. The molecule has 2 aromatic rings. The van der Waals surface area contributed by atoms with Gasteiger partial charge in [0.25, 0.3) is 0 Å². The zero-order chi connectivity index (χ0) is 14.4.